The van der Waals surface area contributed by atoms with Gasteiger partial charge in [0.05, 0.1) is 17.3 Å². The Balaban J connectivity index is 1.59. The van der Waals surface area contributed by atoms with Crippen LogP contribution in [0, 0.1) is 5.82 Å². The van der Waals surface area contributed by atoms with Gasteiger partial charge in [0.25, 0.3) is 0 Å². The van der Waals surface area contributed by atoms with Gasteiger partial charge in [-0.15, -0.1) is 5.10 Å². The lowest BCUT2D eigenvalue weighted by molar-refractivity contribution is 0.117. The minimum absolute atomic E-state index is 0.133. The van der Waals surface area contributed by atoms with Gasteiger partial charge in [-0.05, 0) is 37.0 Å². The lowest BCUT2D eigenvalue weighted by atomic mass is 10.2. The Kier molecular flexibility index (Phi) is 6.48. The molecule has 0 saturated heterocycles. The molecule has 1 aliphatic rings. The van der Waals surface area contributed by atoms with Crippen LogP contribution in [0.3, 0.4) is 0 Å². The number of nitrogens with two attached hydrogens (primary N) is 1. The number of thioether (sulfide) groups is 1. The molecule has 114 valence electrons. The number of unbranched alkanes of at least 4 members (excludes halogenated alkanes) is 1. The van der Waals surface area contributed by atoms with E-state index >= 15 is 0 Å². The Morgan fingerprint density at radius 2 is 2.19 bits per heavy atom. The summed E-state index contributed by atoms with van der Waals surface area (Å²) in [5.41, 5.74) is 7.37. The van der Waals surface area contributed by atoms with E-state index < -0.39 is 5.82 Å². The van der Waals surface area contributed by atoms with Gasteiger partial charge in [-0.1, -0.05) is 29.4 Å². The van der Waals surface area contributed by atoms with Crippen LogP contribution in [-0.4, -0.2) is 23.2 Å². The maximum atomic E-state index is 13.2. The summed E-state index contributed by atoms with van der Waals surface area (Å²) in [6.07, 6.45) is 2.82. The van der Waals surface area contributed by atoms with Gasteiger partial charge in [-0.3, -0.25) is 0 Å². The summed E-state index contributed by atoms with van der Waals surface area (Å²) in [4.78, 5) is 0. The molecule has 21 heavy (non-hydrogen) atoms. The molecular weight excluding hydrogens is 313 g/mol. The Hall–Kier alpha value is -1.11. The number of halogens is 2. The Labute approximate surface area is 132 Å². The van der Waals surface area contributed by atoms with Gasteiger partial charge in [0.15, 0.2) is 5.17 Å². The quantitative estimate of drug-likeness (QED) is 0.778. The smallest absolute Gasteiger partial charge is 0.180 e. The first-order valence-corrected chi connectivity index (χ1v) is 8.05. The first-order valence-electron chi connectivity index (χ1n) is 6.68. The molecule has 1 aromatic carbocycles. The number of hydrogen-bond acceptors (Lipinski definition) is 5. The van der Waals surface area contributed by atoms with E-state index in [1.54, 1.807) is 12.1 Å². The average Bonchev–Trinajstić information content (AvgIpc) is 2.48. The maximum Gasteiger partial charge on any atom is 0.180 e. The average molecular weight is 330 g/mol. The molecule has 1 aliphatic heterocycles. The van der Waals surface area contributed by atoms with Crippen molar-refractivity contribution in [1.29, 1.82) is 0 Å². The molecular formula is C14H17ClFN3OS. The molecule has 0 aliphatic carbocycles. The fourth-order valence-corrected chi connectivity index (χ4v) is 2.54. The van der Waals surface area contributed by atoms with E-state index in [0.29, 0.717) is 18.4 Å². The van der Waals surface area contributed by atoms with E-state index in [2.05, 4.69) is 10.2 Å². The predicted octanol–water partition coefficient (Wildman–Crippen LogP) is 3.58. The van der Waals surface area contributed by atoms with Crippen molar-refractivity contribution in [3.8, 4) is 0 Å². The monoisotopic (exact) mass is 329 g/mol. The van der Waals surface area contributed by atoms with Crippen molar-refractivity contribution < 1.29 is 9.13 Å². The summed E-state index contributed by atoms with van der Waals surface area (Å²) < 4.78 is 18.7. The number of rotatable bonds is 7. The van der Waals surface area contributed by atoms with E-state index in [1.807, 2.05) is 0 Å². The van der Waals surface area contributed by atoms with Gasteiger partial charge in [0.2, 0.25) is 0 Å². The second-order valence-corrected chi connectivity index (χ2v) is 6.05. The highest BCUT2D eigenvalue weighted by Crippen LogP contribution is 2.16. The molecule has 0 atom stereocenters. The van der Waals surface area contributed by atoms with Crippen LogP contribution in [0.5, 0.6) is 0 Å². The van der Waals surface area contributed by atoms with E-state index in [1.165, 1.54) is 17.8 Å². The summed E-state index contributed by atoms with van der Waals surface area (Å²) in [6, 6.07) is 4.71. The first-order chi connectivity index (χ1) is 10.1. The largest absolute Gasteiger partial charge is 0.377 e. The standard InChI is InChI=1S/C14H17ClFN3OS/c15-12-5-4-10(7-13(12)16)8-20-6-2-1-3-11-9-21-14(17)19-18-11/h4-5,7H,1-3,6,8-9H2,(H2,17,19). The van der Waals surface area contributed by atoms with Crippen molar-refractivity contribution in [2.75, 3.05) is 12.4 Å². The van der Waals surface area contributed by atoms with E-state index in [-0.39, 0.29) is 5.02 Å². The number of nitrogens with zero attached hydrogens (tertiary/aromatic N) is 2. The molecule has 0 spiro atoms. The molecule has 0 radical (unpaired) electrons. The highest BCUT2D eigenvalue weighted by molar-refractivity contribution is 8.14. The molecule has 0 aromatic heterocycles. The molecule has 7 heteroatoms. The molecule has 0 unspecified atom stereocenters. The van der Waals surface area contributed by atoms with E-state index in [4.69, 9.17) is 22.1 Å². The number of hydrogen-bond donors (Lipinski definition) is 1. The van der Waals surface area contributed by atoms with Crippen LogP contribution in [0.2, 0.25) is 5.02 Å². The fourth-order valence-electron chi connectivity index (χ4n) is 1.81. The van der Waals surface area contributed by atoms with Crippen LogP contribution in [0.15, 0.2) is 28.4 Å². The van der Waals surface area contributed by atoms with E-state index in [0.717, 1.165) is 36.3 Å². The van der Waals surface area contributed by atoms with Crippen molar-refractivity contribution in [3.05, 3.63) is 34.6 Å². The topological polar surface area (TPSA) is 60.0 Å². The van der Waals surface area contributed by atoms with Gasteiger partial charge < -0.3 is 10.5 Å². The van der Waals surface area contributed by atoms with Crippen molar-refractivity contribution in [2.45, 2.75) is 25.9 Å². The van der Waals surface area contributed by atoms with Crippen molar-refractivity contribution >= 4 is 34.2 Å². The third-order valence-corrected chi connectivity index (χ3v) is 4.09. The van der Waals surface area contributed by atoms with Gasteiger partial charge >= 0.3 is 0 Å². The van der Waals surface area contributed by atoms with Crippen molar-refractivity contribution in [1.82, 2.24) is 0 Å². The Bertz CT molecular complexity index is 551. The molecule has 0 amide bonds. The van der Waals surface area contributed by atoms with Crippen LogP contribution in [0.1, 0.15) is 24.8 Å². The Morgan fingerprint density at radius 1 is 1.33 bits per heavy atom. The van der Waals surface area contributed by atoms with Gasteiger partial charge in [0, 0.05) is 12.4 Å². The van der Waals surface area contributed by atoms with Crippen molar-refractivity contribution in [2.24, 2.45) is 15.9 Å². The number of benzene rings is 1. The fraction of sp³-hybridized carbons (Fsp3) is 0.429. The Morgan fingerprint density at radius 3 is 2.90 bits per heavy atom. The number of amidine groups is 1. The maximum absolute atomic E-state index is 13.2. The zero-order valence-electron chi connectivity index (χ0n) is 11.5. The SMILES string of the molecule is NC1=NN=C(CCCCOCc2ccc(Cl)c(F)c2)CS1. The summed E-state index contributed by atoms with van der Waals surface area (Å²) in [7, 11) is 0. The van der Waals surface area contributed by atoms with Crippen molar-refractivity contribution in [3.63, 3.8) is 0 Å². The molecule has 2 rings (SSSR count). The molecule has 0 bridgehead atoms. The minimum Gasteiger partial charge on any atom is -0.377 e. The summed E-state index contributed by atoms with van der Waals surface area (Å²) in [6.45, 7) is 1.03. The number of ether oxygens (including phenoxy) is 1. The van der Waals surface area contributed by atoms with Gasteiger partial charge in [-0.2, -0.15) is 5.10 Å². The third kappa shape index (κ3) is 5.65. The predicted molar refractivity (Wildman–Crippen MR) is 86.4 cm³/mol. The molecule has 2 N–H and O–H groups in total. The zero-order chi connectivity index (χ0) is 15.1. The van der Waals surface area contributed by atoms with Crippen LogP contribution >= 0.6 is 23.4 Å². The van der Waals surface area contributed by atoms with Crippen LogP contribution in [0.25, 0.3) is 0 Å². The highest BCUT2D eigenvalue weighted by atomic mass is 35.5. The van der Waals surface area contributed by atoms with Crippen LogP contribution < -0.4 is 5.73 Å². The second kappa shape index (κ2) is 8.36. The first kappa shape index (κ1) is 16.3. The summed E-state index contributed by atoms with van der Waals surface area (Å²) >= 11 is 7.13. The molecule has 1 heterocycles. The van der Waals surface area contributed by atoms with Gasteiger partial charge in [0.1, 0.15) is 5.82 Å². The van der Waals surface area contributed by atoms with Crippen LogP contribution in [0.4, 0.5) is 4.39 Å². The lowest BCUT2D eigenvalue weighted by Gasteiger charge is -2.09. The molecule has 0 fully saturated rings. The summed E-state index contributed by atoms with van der Waals surface area (Å²) in [5, 5.41) is 8.56. The van der Waals surface area contributed by atoms with Gasteiger partial charge in [-0.25, -0.2) is 4.39 Å². The van der Waals surface area contributed by atoms with Crippen LogP contribution in [-0.2, 0) is 11.3 Å². The normalized spacial score (nSPS) is 14.8. The molecule has 4 nitrogen and oxygen atoms in total. The molecule has 1 aromatic rings. The minimum atomic E-state index is -0.412. The van der Waals surface area contributed by atoms with E-state index in [9.17, 15) is 4.39 Å². The zero-order valence-corrected chi connectivity index (χ0v) is 13.1. The molecule has 0 saturated carbocycles. The third-order valence-electron chi connectivity index (χ3n) is 2.93. The highest BCUT2D eigenvalue weighted by Gasteiger charge is 2.07. The summed E-state index contributed by atoms with van der Waals surface area (Å²) in [5.74, 6) is 0.408. The lowest BCUT2D eigenvalue weighted by Crippen LogP contribution is -2.15. The second-order valence-electron chi connectivity index (χ2n) is 4.65.